The predicted octanol–water partition coefficient (Wildman–Crippen LogP) is 2.28. The van der Waals surface area contributed by atoms with Crippen LogP contribution in [-0.4, -0.2) is 32.0 Å². The number of ether oxygens (including phenoxy) is 1. The highest BCUT2D eigenvalue weighted by atomic mass is 16.5. The summed E-state index contributed by atoms with van der Waals surface area (Å²) in [6, 6.07) is 5.56. The van der Waals surface area contributed by atoms with E-state index in [1.54, 1.807) is 32.5 Å². The Bertz CT molecular complexity index is 845. The number of anilines is 3. The van der Waals surface area contributed by atoms with Gasteiger partial charge in [0.1, 0.15) is 11.6 Å². The van der Waals surface area contributed by atoms with Gasteiger partial charge in [-0.2, -0.15) is 9.97 Å². The van der Waals surface area contributed by atoms with Crippen molar-refractivity contribution in [3.8, 4) is 17.3 Å². The lowest BCUT2D eigenvalue weighted by atomic mass is 10.2. The Morgan fingerprint density at radius 1 is 1.04 bits per heavy atom. The van der Waals surface area contributed by atoms with Crippen LogP contribution in [0.1, 0.15) is 11.4 Å². The molecule has 3 rings (SSSR count). The van der Waals surface area contributed by atoms with Gasteiger partial charge in [-0.25, -0.2) is 15.0 Å². The van der Waals surface area contributed by atoms with Crippen molar-refractivity contribution >= 4 is 17.5 Å². The van der Waals surface area contributed by atoms with E-state index < -0.39 is 0 Å². The molecule has 0 atom stereocenters. The zero-order chi connectivity index (χ0) is 17.1. The van der Waals surface area contributed by atoms with Gasteiger partial charge >= 0.3 is 0 Å². The summed E-state index contributed by atoms with van der Waals surface area (Å²) >= 11 is 0. The van der Waals surface area contributed by atoms with E-state index >= 15 is 0 Å². The third-order valence-corrected chi connectivity index (χ3v) is 3.24. The van der Waals surface area contributed by atoms with Crippen molar-refractivity contribution < 1.29 is 4.74 Å². The van der Waals surface area contributed by atoms with Crippen molar-refractivity contribution in [1.29, 1.82) is 0 Å². The molecule has 0 radical (unpaired) electrons. The molecule has 0 saturated carbocycles. The Morgan fingerprint density at radius 3 is 2.54 bits per heavy atom. The van der Waals surface area contributed by atoms with Crippen LogP contribution in [0.4, 0.5) is 17.5 Å². The average molecular weight is 323 g/mol. The Balaban J connectivity index is 2.01. The summed E-state index contributed by atoms with van der Waals surface area (Å²) in [4.78, 5) is 21.2. The number of hydrogen-bond acceptors (Lipinski definition) is 8. The van der Waals surface area contributed by atoms with Gasteiger partial charge < -0.3 is 15.8 Å². The van der Waals surface area contributed by atoms with E-state index in [4.69, 9.17) is 10.5 Å². The van der Waals surface area contributed by atoms with E-state index in [0.717, 1.165) is 16.8 Å². The first kappa shape index (κ1) is 15.6. The number of nitrogens with zero attached hydrogens (tertiary/aromatic N) is 5. The minimum absolute atomic E-state index is 0.177. The van der Waals surface area contributed by atoms with Gasteiger partial charge in [-0.15, -0.1) is 0 Å². The molecule has 3 aromatic rings. The molecule has 3 aromatic heterocycles. The maximum absolute atomic E-state index is 5.74. The molecular formula is C16H17N7O. The van der Waals surface area contributed by atoms with Crippen LogP contribution in [0, 0.1) is 13.8 Å². The number of methoxy groups -OCH3 is 1. The van der Waals surface area contributed by atoms with Crippen LogP contribution in [0.3, 0.4) is 0 Å². The van der Waals surface area contributed by atoms with E-state index in [0.29, 0.717) is 23.3 Å². The molecule has 0 fully saturated rings. The van der Waals surface area contributed by atoms with Gasteiger partial charge in [0.2, 0.25) is 11.8 Å². The second-order valence-corrected chi connectivity index (χ2v) is 5.19. The van der Waals surface area contributed by atoms with Crippen molar-refractivity contribution in [2.24, 2.45) is 0 Å². The lowest BCUT2D eigenvalue weighted by molar-refractivity contribution is 0.398. The highest BCUT2D eigenvalue weighted by Gasteiger charge is 2.12. The SMILES string of the molecule is COc1ccc(Nc2ncc(C)cc2-c2nc(C)nc(N)n2)cn1. The third kappa shape index (κ3) is 3.37. The van der Waals surface area contributed by atoms with E-state index in [-0.39, 0.29) is 5.95 Å². The first-order valence-corrected chi connectivity index (χ1v) is 7.27. The molecule has 0 aliphatic carbocycles. The lowest BCUT2D eigenvalue weighted by Crippen LogP contribution is -2.05. The van der Waals surface area contributed by atoms with Crippen molar-refractivity contribution in [2.45, 2.75) is 13.8 Å². The van der Waals surface area contributed by atoms with Gasteiger partial charge in [-0.3, -0.25) is 0 Å². The molecule has 0 aliphatic rings. The van der Waals surface area contributed by atoms with Crippen LogP contribution in [-0.2, 0) is 0 Å². The van der Waals surface area contributed by atoms with Gasteiger partial charge in [-0.05, 0) is 31.5 Å². The van der Waals surface area contributed by atoms with Crippen LogP contribution in [0.2, 0.25) is 0 Å². The van der Waals surface area contributed by atoms with Crippen LogP contribution in [0.5, 0.6) is 5.88 Å². The number of hydrogen-bond donors (Lipinski definition) is 2. The molecule has 8 nitrogen and oxygen atoms in total. The molecule has 0 aliphatic heterocycles. The highest BCUT2D eigenvalue weighted by molar-refractivity contribution is 5.75. The van der Waals surface area contributed by atoms with E-state index in [1.807, 2.05) is 19.1 Å². The van der Waals surface area contributed by atoms with Gasteiger partial charge in [0.15, 0.2) is 5.82 Å². The molecule has 0 unspecified atom stereocenters. The number of aromatic nitrogens is 5. The summed E-state index contributed by atoms with van der Waals surface area (Å²) in [7, 11) is 1.57. The number of rotatable bonds is 4. The Morgan fingerprint density at radius 2 is 1.88 bits per heavy atom. The van der Waals surface area contributed by atoms with E-state index in [1.165, 1.54) is 0 Å². The molecular weight excluding hydrogens is 306 g/mol. The fourth-order valence-electron chi connectivity index (χ4n) is 2.17. The second kappa shape index (κ2) is 6.45. The molecule has 3 heterocycles. The first-order chi connectivity index (χ1) is 11.5. The fourth-order valence-corrected chi connectivity index (χ4v) is 2.17. The first-order valence-electron chi connectivity index (χ1n) is 7.27. The number of pyridine rings is 2. The minimum Gasteiger partial charge on any atom is -0.481 e. The number of aryl methyl sites for hydroxylation is 2. The van der Waals surface area contributed by atoms with Gasteiger partial charge in [0, 0.05) is 12.3 Å². The summed E-state index contributed by atoms with van der Waals surface area (Å²) in [6.45, 7) is 3.72. The predicted molar refractivity (Wildman–Crippen MR) is 91.0 cm³/mol. The molecule has 0 bridgehead atoms. The average Bonchev–Trinajstić information content (AvgIpc) is 2.56. The van der Waals surface area contributed by atoms with Crippen molar-refractivity contribution in [3.05, 3.63) is 42.0 Å². The smallest absolute Gasteiger partial charge is 0.223 e. The molecule has 0 spiro atoms. The summed E-state index contributed by atoms with van der Waals surface area (Å²) in [6.07, 6.45) is 3.43. The van der Waals surface area contributed by atoms with Gasteiger partial charge in [0.25, 0.3) is 0 Å². The number of nitrogens with one attached hydrogen (secondary N) is 1. The van der Waals surface area contributed by atoms with Gasteiger partial charge in [0.05, 0.1) is 24.6 Å². The molecule has 8 heteroatoms. The minimum atomic E-state index is 0.177. The maximum Gasteiger partial charge on any atom is 0.223 e. The van der Waals surface area contributed by atoms with E-state index in [9.17, 15) is 0 Å². The molecule has 0 aromatic carbocycles. The summed E-state index contributed by atoms with van der Waals surface area (Å²) in [5, 5.41) is 3.22. The quantitative estimate of drug-likeness (QED) is 0.752. The van der Waals surface area contributed by atoms with Crippen molar-refractivity contribution in [2.75, 3.05) is 18.2 Å². The second-order valence-electron chi connectivity index (χ2n) is 5.19. The van der Waals surface area contributed by atoms with Crippen LogP contribution < -0.4 is 15.8 Å². The molecule has 24 heavy (non-hydrogen) atoms. The Kier molecular flexibility index (Phi) is 4.19. The molecule has 3 N–H and O–H groups in total. The van der Waals surface area contributed by atoms with Crippen molar-refractivity contribution in [3.63, 3.8) is 0 Å². The Labute approximate surface area is 139 Å². The summed E-state index contributed by atoms with van der Waals surface area (Å²) in [5.41, 5.74) is 8.24. The largest absolute Gasteiger partial charge is 0.481 e. The molecule has 0 amide bonds. The van der Waals surface area contributed by atoms with Crippen LogP contribution >= 0.6 is 0 Å². The maximum atomic E-state index is 5.74. The number of nitrogens with two attached hydrogens (primary N) is 1. The van der Waals surface area contributed by atoms with Gasteiger partial charge in [-0.1, -0.05) is 0 Å². The fraction of sp³-hybridized carbons (Fsp3) is 0.188. The third-order valence-electron chi connectivity index (χ3n) is 3.24. The zero-order valence-corrected chi connectivity index (χ0v) is 13.6. The zero-order valence-electron chi connectivity index (χ0n) is 13.6. The topological polar surface area (TPSA) is 112 Å². The molecule has 122 valence electrons. The van der Waals surface area contributed by atoms with Crippen LogP contribution in [0.15, 0.2) is 30.6 Å². The normalized spacial score (nSPS) is 10.5. The van der Waals surface area contributed by atoms with Crippen molar-refractivity contribution in [1.82, 2.24) is 24.9 Å². The van der Waals surface area contributed by atoms with Crippen LogP contribution in [0.25, 0.3) is 11.4 Å². The molecule has 0 saturated heterocycles. The monoisotopic (exact) mass is 323 g/mol. The van der Waals surface area contributed by atoms with E-state index in [2.05, 4.69) is 30.2 Å². The lowest BCUT2D eigenvalue weighted by Gasteiger charge is -2.11. The number of nitrogen functional groups attached to an aromatic ring is 1. The summed E-state index contributed by atoms with van der Waals surface area (Å²) in [5.74, 6) is 2.35. The summed E-state index contributed by atoms with van der Waals surface area (Å²) < 4.78 is 5.06. The standard InChI is InChI=1S/C16H17N7O/c1-9-6-12(15-20-10(2)21-16(17)23-15)14(19-7-9)22-11-4-5-13(24-3)18-8-11/h4-8H,1-3H3,(H,19,22)(H2,17,20,21,23). The Hall–Kier alpha value is -3.29. The highest BCUT2D eigenvalue weighted by Crippen LogP contribution is 2.27.